The smallest absolute Gasteiger partial charge is 0.0371 e. The molecule has 1 aromatic rings. The average Bonchev–Trinajstić information content (AvgIpc) is 2.48. The van der Waals surface area contributed by atoms with Crippen LogP contribution in [-0.2, 0) is 0 Å². The molecule has 3 rings (SSSR count). The van der Waals surface area contributed by atoms with Gasteiger partial charge >= 0.3 is 0 Å². The van der Waals surface area contributed by atoms with Crippen molar-refractivity contribution in [3.05, 3.63) is 29.3 Å². The standard InChI is InChI=1S/C18H28N2/c1-14-5-9-20(10-6-14)18-12-15(2)11-17(13-18)16-3-7-19-8-4-16/h11-14,16,19H,3-10H2,1-2H3. The minimum absolute atomic E-state index is 0.763. The van der Waals surface area contributed by atoms with Gasteiger partial charge in [0.15, 0.2) is 0 Å². The molecule has 2 aliphatic rings. The largest absolute Gasteiger partial charge is 0.372 e. The number of anilines is 1. The molecule has 1 aromatic carbocycles. The van der Waals surface area contributed by atoms with Gasteiger partial charge in [0.25, 0.3) is 0 Å². The molecule has 2 aliphatic heterocycles. The number of hydrogen-bond donors (Lipinski definition) is 1. The lowest BCUT2D eigenvalue weighted by Gasteiger charge is -2.33. The summed E-state index contributed by atoms with van der Waals surface area (Å²) in [6.07, 6.45) is 5.27. The lowest BCUT2D eigenvalue weighted by atomic mass is 9.88. The SMILES string of the molecule is Cc1cc(C2CCNCC2)cc(N2CCC(C)CC2)c1. The molecule has 0 atom stereocenters. The number of hydrogen-bond acceptors (Lipinski definition) is 2. The Labute approximate surface area is 123 Å². The van der Waals surface area contributed by atoms with Crippen molar-refractivity contribution in [1.29, 1.82) is 0 Å². The monoisotopic (exact) mass is 272 g/mol. The molecule has 0 aromatic heterocycles. The third kappa shape index (κ3) is 3.17. The van der Waals surface area contributed by atoms with E-state index in [1.54, 1.807) is 5.56 Å². The summed E-state index contributed by atoms with van der Waals surface area (Å²) < 4.78 is 0. The molecule has 2 heteroatoms. The van der Waals surface area contributed by atoms with Crippen LogP contribution >= 0.6 is 0 Å². The van der Waals surface area contributed by atoms with Crippen molar-refractivity contribution < 1.29 is 0 Å². The Morgan fingerprint density at radius 3 is 2.40 bits per heavy atom. The van der Waals surface area contributed by atoms with Crippen LogP contribution in [-0.4, -0.2) is 26.2 Å². The fraction of sp³-hybridized carbons (Fsp3) is 0.667. The highest BCUT2D eigenvalue weighted by Gasteiger charge is 2.19. The third-order valence-electron chi connectivity index (χ3n) is 5.04. The van der Waals surface area contributed by atoms with Crippen LogP contribution in [0, 0.1) is 12.8 Å². The quantitative estimate of drug-likeness (QED) is 0.883. The molecule has 2 saturated heterocycles. The van der Waals surface area contributed by atoms with Crippen molar-refractivity contribution in [2.24, 2.45) is 5.92 Å². The lowest BCUT2D eigenvalue weighted by Crippen LogP contribution is -2.33. The van der Waals surface area contributed by atoms with Crippen molar-refractivity contribution in [3.63, 3.8) is 0 Å². The molecule has 2 fully saturated rings. The van der Waals surface area contributed by atoms with E-state index in [0.29, 0.717) is 0 Å². The van der Waals surface area contributed by atoms with E-state index < -0.39 is 0 Å². The molecule has 0 unspecified atom stereocenters. The summed E-state index contributed by atoms with van der Waals surface area (Å²) in [4.78, 5) is 2.59. The predicted molar refractivity (Wildman–Crippen MR) is 86.6 cm³/mol. The number of rotatable bonds is 2. The van der Waals surface area contributed by atoms with Crippen LogP contribution in [0.4, 0.5) is 5.69 Å². The molecule has 20 heavy (non-hydrogen) atoms. The van der Waals surface area contributed by atoms with E-state index in [1.165, 1.54) is 63.1 Å². The van der Waals surface area contributed by atoms with Crippen molar-refractivity contribution in [2.45, 2.75) is 45.4 Å². The topological polar surface area (TPSA) is 15.3 Å². The first-order chi connectivity index (χ1) is 9.72. The van der Waals surface area contributed by atoms with Crippen molar-refractivity contribution in [2.75, 3.05) is 31.1 Å². The van der Waals surface area contributed by atoms with Gasteiger partial charge in [0.05, 0.1) is 0 Å². The van der Waals surface area contributed by atoms with Crippen LogP contribution in [0.1, 0.15) is 49.7 Å². The molecule has 110 valence electrons. The summed E-state index contributed by atoms with van der Waals surface area (Å²) in [5.41, 5.74) is 4.46. The number of piperidine rings is 2. The molecule has 0 amide bonds. The normalized spacial score (nSPS) is 22.2. The van der Waals surface area contributed by atoms with Gasteiger partial charge in [-0.3, -0.25) is 0 Å². The van der Waals surface area contributed by atoms with Crippen LogP contribution in [0.15, 0.2) is 18.2 Å². The van der Waals surface area contributed by atoms with Gasteiger partial charge < -0.3 is 10.2 Å². The van der Waals surface area contributed by atoms with E-state index in [2.05, 4.69) is 42.3 Å². The highest BCUT2D eigenvalue weighted by molar-refractivity contribution is 5.52. The molecule has 2 heterocycles. The summed E-state index contributed by atoms with van der Waals surface area (Å²) >= 11 is 0. The van der Waals surface area contributed by atoms with Gasteiger partial charge in [0.1, 0.15) is 0 Å². The van der Waals surface area contributed by atoms with Crippen LogP contribution in [0.2, 0.25) is 0 Å². The Kier molecular flexibility index (Phi) is 4.30. The first-order valence-corrected chi connectivity index (χ1v) is 8.29. The van der Waals surface area contributed by atoms with E-state index in [4.69, 9.17) is 0 Å². The fourth-order valence-electron chi connectivity index (χ4n) is 3.63. The zero-order valence-electron chi connectivity index (χ0n) is 13.0. The molecular formula is C18H28N2. The van der Waals surface area contributed by atoms with E-state index in [9.17, 15) is 0 Å². The van der Waals surface area contributed by atoms with Crippen LogP contribution in [0.3, 0.4) is 0 Å². The minimum Gasteiger partial charge on any atom is -0.372 e. The molecule has 0 spiro atoms. The van der Waals surface area contributed by atoms with Gasteiger partial charge in [-0.2, -0.15) is 0 Å². The molecule has 0 aliphatic carbocycles. The first kappa shape index (κ1) is 13.9. The van der Waals surface area contributed by atoms with Gasteiger partial charge in [-0.05, 0) is 80.8 Å². The van der Waals surface area contributed by atoms with Gasteiger partial charge in [0.2, 0.25) is 0 Å². The van der Waals surface area contributed by atoms with Crippen molar-refractivity contribution in [3.8, 4) is 0 Å². The highest BCUT2D eigenvalue weighted by Crippen LogP contribution is 2.31. The summed E-state index contributed by atoms with van der Waals surface area (Å²) in [6, 6.07) is 7.26. The van der Waals surface area contributed by atoms with Crippen LogP contribution in [0.25, 0.3) is 0 Å². The Morgan fingerprint density at radius 2 is 1.70 bits per heavy atom. The zero-order valence-corrected chi connectivity index (χ0v) is 13.0. The second kappa shape index (κ2) is 6.17. The third-order valence-corrected chi connectivity index (χ3v) is 5.04. The van der Waals surface area contributed by atoms with Gasteiger partial charge in [0, 0.05) is 18.8 Å². The second-order valence-electron chi connectivity index (χ2n) is 6.80. The summed E-state index contributed by atoms with van der Waals surface area (Å²) in [7, 11) is 0. The van der Waals surface area contributed by atoms with Crippen molar-refractivity contribution in [1.82, 2.24) is 5.32 Å². The van der Waals surface area contributed by atoms with Gasteiger partial charge in [-0.15, -0.1) is 0 Å². The van der Waals surface area contributed by atoms with Crippen LogP contribution in [0.5, 0.6) is 0 Å². The number of nitrogens with zero attached hydrogens (tertiary/aromatic N) is 1. The maximum atomic E-state index is 3.47. The molecule has 1 N–H and O–H groups in total. The van der Waals surface area contributed by atoms with E-state index >= 15 is 0 Å². The molecule has 0 radical (unpaired) electrons. The molecule has 2 nitrogen and oxygen atoms in total. The minimum atomic E-state index is 0.763. The highest BCUT2D eigenvalue weighted by atomic mass is 15.1. The maximum absolute atomic E-state index is 3.47. The Morgan fingerprint density at radius 1 is 1.00 bits per heavy atom. The average molecular weight is 272 g/mol. The Bertz CT molecular complexity index is 441. The van der Waals surface area contributed by atoms with Crippen molar-refractivity contribution >= 4 is 5.69 Å². The maximum Gasteiger partial charge on any atom is 0.0371 e. The molecule has 0 saturated carbocycles. The Balaban J connectivity index is 1.79. The van der Waals surface area contributed by atoms with Gasteiger partial charge in [-0.25, -0.2) is 0 Å². The second-order valence-corrected chi connectivity index (χ2v) is 6.80. The number of aryl methyl sites for hydroxylation is 1. The van der Waals surface area contributed by atoms with Gasteiger partial charge in [-0.1, -0.05) is 13.0 Å². The first-order valence-electron chi connectivity index (χ1n) is 8.29. The molecular weight excluding hydrogens is 244 g/mol. The Hall–Kier alpha value is -1.02. The summed E-state index contributed by atoms with van der Waals surface area (Å²) in [6.45, 7) is 9.45. The number of benzene rings is 1. The van der Waals surface area contributed by atoms with E-state index in [1.807, 2.05) is 0 Å². The van der Waals surface area contributed by atoms with E-state index in [0.717, 1.165) is 11.8 Å². The predicted octanol–water partition coefficient (Wildman–Crippen LogP) is 3.70. The molecule has 0 bridgehead atoms. The van der Waals surface area contributed by atoms with E-state index in [-0.39, 0.29) is 0 Å². The summed E-state index contributed by atoms with van der Waals surface area (Å²) in [5, 5.41) is 3.47. The summed E-state index contributed by atoms with van der Waals surface area (Å²) in [5.74, 6) is 1.67. The fourth-order valence-corrected chi connectivity index (χ4v) is 3.63. The zero-order chi connectivity index (χ0) is 13.9. The number of nitrogens with one attached hydrogen (secondary N) is 1. The lowest BCUT2D eigenvalue weighted by molar-refractivity contribution is 0.437. The van der Waals surface area contributed by atoms with Crippen LogP contribution < -0.4 is 10.2 Å².